The molecule has 3 nitrogen and oxygen atoms in total. The second-order valence-electron chi connectivity index (χ2n) is 3.66. The summed E-state index contributed by atoms with van der Waals surface area (Å²) in [5, 5.41) is 0. The number of aryl methyl sites for hydroxylation is 1. The van der Waals surface area contributed by atoms with E-state index in [9.17, 15) is 4.79 Å². The zero-order valence-corrected chi connectivity index (χ0v) is 9.42. The van der Waals surface area contributed by atoms with Gasteiger partial charge in [0.25, 0.3) is 5.91 Å². The lowest BCUT2D eigenvalue weighted by molar-refractivity contribution is 0.0994. The Balaban J connectivity index is 3.15. The maximum atomic E-state index is 11.2. The van der Waals surface area contributed by atoms with Crippen LogP contribution in [0, 0.1) is 0 Å². The van der Waals surface area contributed by atoms with Gasteiger partial charge in [0.2, 0.25) is 0 Å². The first kappa shape index (κ1) is 11.7. The standard InChI is InChI=1S/C12H18N2O/c1-3-5-9-7-8-14-11(12(13)15)10(9)6-4-2/h7-8H,3-6H2,1-2H3,(H2,13,15). The Hall–Kier alpha value is -1.38. The van der Waals surface area contributed by atoms with Gasteiger partial charge in [-0.3, -0.25) is 9.78 Å². The third-order valence-electron chi connectivity index (χ3n) is 2.41. The fourth-order valence-corrected chi connectivity index (χ4v) is 1.78. The second-order valence-corrected chi connectivity index (χ2v) is 3.66. The van der Waals surface area contributed by atoms with Gasteiger partial charge < -0.3 is 5.73 Å². The zero-order chi connectivity index (χ0) is 11.3. The van der Waals surface area contributed by atoms with Crippen LogP contribution in [0.3, 0.4) is 0 Å². The molecule has 2 N–H and O–H groups in total. The van der Waals surface area contributed by atoms with E-state index >= 15 is 0 Å². The number of pyridine rings is 1. The molecule has 0 saturated carbocycles. The second kappa shape index (κ2) is 5.49. The Morgan fingerprint density at radius 3 is 2.53 bits per heavy atom. The SMILES string of the molecule is CCCc1ccnc(C(N)=O)c1CCC. The molecule has 0 unspecified atom stereocenters. The van der Waals surface area contributed by atoms with E-state index in [4.69, 9.17) is 5.73 Å². The highest BCUT2D eigenvalue weighted by Crippen LogP contribution is 2.16. The first-order chi connectivity index (χ1) is 7.20. The van der Waals surface area contributed by atoms with Gasteiger partial charge in [-0.2, -0.15) is 0 Å². The third-order valence-corrected chi connectivity index (χ3v) is 2.41. The lowest BCUT2D eigenvalue weighted by atomic mass is 9.98. The fourth-order valence-electron chi connectivity index (χ4n) is 1.78. The molecule has 0 fully saturated rings. The maximum Gasteiger partial charge on any atom is 0.267 e. The lowest BCUT2D eigenvalue weighted by Crippen LogP contribution is -2.17. The van der Waals surface area contributed by atoms with Crippen molar-refractivity contribution in [1.82, 2.24) is 4.98 Å². The van der Waals surface area contributed by atoms with Gasteiger partial charge in [-0.25, -0.2) is 0 Å². The molecule has 0 aromatic carbocycles. The Labute approximate surface area is 90.7 Å². The Bertz CT molecular complexity index is 347. The van der Waals surface area contributed by atoms with Crippen LogP contribution in [0.15, 0.2) is 12.3 Å². The molecule has 1 aromatic heterocycles. The molecule has 1 heterocycles. The maximum absolute atomic E-state index is 11.2. The van der Waals surface area contributed by atoms with Crippen LogP contribution in [0.4, 0.5) is 0 Å². The van der Waals surface area contributed by atoms with Crippen molar-refractivity contribution in [3.8, 4) is 0 Å². The normalized spacial score (nSPS) is 10.3. The van der Waals surface area contributed by atoms with E-state index < -0.39 is 5.91 Å². The minimum Gasteiger partial charge on any atom is -0.364 e. The summed E-state index contributed by atoms with van der Waals surface area (Å²) in [6.07, 6.45) is 5.60. The van der Waals surface area contributed by atoms with Crippen molar-refractivity contribution in [2.24, 2.45) is 5.73 Å². The highest BCUT2D eigenvalue weighted by Gasteiger charge is 2.12. The Morgan fingerprint density at radius 1 is 1.33 bits per heavy atom. The molecule has 15 heavy (non-hydrogen) atoms. The Kier molecular flexibility index (Phi) is 4.28. The van der Waals surface area contributed by atoms with Gasteiger partial charge in [-0.15, -0.1) is 0 Å². The summed E-state index contributed by atoms with van der Waals surface area (Å²) in [6, 6.07) is 1.99. The number of primary amides is 1. The van der Waals surface area contributed by atoms with Gasteiger partial charge in [0.05, 0.1) is 0 Å². The smallest absolute Gasteiger partial charge is 0.267 e. The molecule has 0 aliphatic carbocycles. The van der Waals surface area contributed by atoms with Crippen LogP contribution in [0.1, 0.15) is 48.3 Å². The number of hydrogen-bond donors (Lipinski definition) is 1. The van der Waals surface area contributed by atoms with Gasteiger partial charge in [0, 0.05) is 6.20 Å². The molecule has 1 rings (SSSR count). The van der Waals surface area contributed by atoms with Crippen molar-refractivity contribution < 1.29 is 4.79 Å². The summed E-state index contributed by atoms with van der Waals surface area (Å²) in [7, 11) is 0. The third kappa shape index (κ3) is 2.78. The van der Waals surface area contributed by atoms with E-state index in [-0.39, 0.29) is 0 Å². The lowest BCUT2D eigenvalue weighted by Gasteiger charge is -2.10. The van der Waals surface area contributed by atoms with Gasteiger partial charge in [-0.05, 0) is 30.0 Å². The van der Waals surface area contributed by atoms with E-state index in [0.29, 0.717) is 5.69 Å². The van der Waals surface area contributed by atoms with Crippen LogP contribution in [-0.4, -0.2) is 10.9 Å². The number of aromatic nitrogens is 1. The van der Waals surface area contributed by atoms with Crippen molar-refractivity contribution in [2.45, 2.75) is 39.5 Å². The molecule has 0 bridgehead atoms. The summed E-state index contributed by atoms with van der Waals surface area (Å²) in [5.74, 6) is -0.420. The molecular formula is C12H18N2O. The quantitative estimate of drug-likeness (QED) is 0.802. The summed E-state index contributed by atoms with van der Waals surface area (Å²) in [5.41, 5.74) is 8.00. The summed E-state index contributed by atoms with van der Waals surface area (Å²) >= 11 is 0. The van der Waals surface area contributed by atoms with Crippen LogP contribution < -0.4 is 5.73 Å². The van der Waals surface area contributed by atoms with Crippen molar-refractivity contribution >= 4 is 5.91 Å². The van der Waals surface area contributed by atoms with Crippen LogP contribution in [-0.2, 0) is 12.8 Å². The molecule has 0 spiro atoms. The van der Waals surface area contributed by atoms with Crippen LogP contribution in [0.5, 0.6) is 0 Å². The number of hydrogen-bond acceptors (Lipinski definition) is 2. The van der Waals surface area contributed by atoms with Crippen molar-refractivity contribution in [1.29, 1.82) is 0 Å². The number of nitrogens with zero attached hydrogens (tertiary/aromatic N) is 1. The average molecular weight is 206 g/mol. The molecule has 0 aliphatic rings. The monoisotopic (exact) mass is 206 g/mol. The number of carbonyl (C=O) groups is 1. The Morgan fingerprint density at radius 2 is 2.00 bits per heavy atom. The van der Waals surface area contributed by atoms with Gasteiger partial charge in [0.15, 0.2) is 0 Å². The van der Waals surface area contributed by atoms with Crippen LogP contribution in [0.2, 0.25) is 0 Å². The zero-order valence-electron chi connectivity index (χ0n) is 9.42. The summed E-state index contributed by atoms with van der Waals surface area (Å²) < 4.78 is 0. The van der Waals surface area contributed by atoms with E-state index in [0.717, 1.165) is 31.2 Å². The van der Waals surface area contributed by atoms with Gasteiger partial charge in [-0.1, -0.05) is 26.7 Å². The summed E-state index contributed by atoms with van der Waals surface area (Å²) in [6.45, 7) is 4.22. The van der Waals surface area contributed by atoms with E-state index in [1.807, 2.05) is 6.07 Å². The molecular weight excluding hydrogens is 188 g/mol. The fraction of sp³-hybridized carbons (Fsp3) is 0.500. The molecule has 0 saturated heterocycles. The molecule has 82 valence electrons. The minimum atomic E-state index is -0.420. The predicted molar refractivity (Wildman–Crippen MR) is 60.7 cm³/mol. The average Bonchev–Trinajstić information content (AvgIpc) is 2.21. The molecule has 0 atom stereocenters. The van der Waals surface area contributed by atoms with Gasteiger partial charge in [0.1, 0.15) is 5.69 Å². The van der Waals surface area contributed by atoms with Crippen molar-refractivity contribution in [2.75, 3.05) is 0 Å². The van der Waals surface area contributed by atoms with Crippen LogP contribution >= 0.6 is 0 Å². The highest BCUT2D eigenvalue weighted by atomic mass is 16.1. The van der Waals surface area contributed by atoms with Crippen molar-refractivity contribution in [3.05, 3.63) is 29.1 Å². The predicted octanol–water partition coefficient (Wildman–Crippen LogP) is 2.09. The van der Waals surface area contributed by atoms with E-state index in [2.05, 4.69) is 18.8 Å². The highest BCUT2D eigenvalue weighted by molar-refractivity contribution is 5.92. The van der Waals surface area contributed by atoms with E-state index in [1.165, 1.54) is 5.56 Å². The molecule has 0 radical (unpaired) electrons. The number of rotatable bonds is 5. The van der Waals surface area contributed by atoms with Crippen LogP contribution in [0.25, 0.3) is 0 Å². The number of carbonyl (C=O) groups excluding carboxylic acids is 1. The molecule has 0 aliphatic heterocycles. The molecule has 1 amide bonds. The topological polar surface area (TPSA) is 56.0 Å². The van der Waals surface area contributed by atoms with Gasteiger partial charge >= 0.3 is 0 Å². The number of nitrogens with two attached hydrogens (primary N) is 1. The van der Waals surface area contributed by atoms with Crippen molar-refractivity contribution in [3.63, 3.8) is 0 Å². The number of amides is 1. The van der Waals surface area contributed by atoms with E-state index in [1.54, 1.807) is 6.20 Å². The largest absolute Gasteiger partial charge is 0.364 e. The minimum absolute atomic E-state index is 0.420. The molecule has 3 heteroatoms. The molecule has 1 aromatic rings. The first-order valence-electron chi connectivity index (χ1n) is 5.47. The summed E-state index contributed by atoms with van der Waals surface area (Å²) in [4.78, 5) is 15.3. The first-order valence-corrected chi connectivity index (χ1v) is 5.47.